The summed E-state index contributed by atoms with van der Waals surface area (Å²) in [6.07, 6.45) is 0.670. The Balaban J connectivity index is 0.000000277. The molecule has 9 nitrogen and oxygen atoms in total. The highest BCUT2D eigenvalue weighted by molar-refractivity contribution is 5.79. The minimum absolute atomic E-state index is 0.00592. The van der Waals surface area contributed by atoms with Gasteiger partial charge in [-0.2, -0.15) is 0 Å². The number of nitro benzene ring substituents is 1. The second-order valence-corrected chi connectivity index (χ2v) is 5.77. The Morgan fingerprint density at radius 1 is 0.926 bits per heavy atom. The minimum atomic E-state index is -0.959. The number of hydrogen-bond donors (Lipinski definition) is 4. The van der Waals surface area contributed by atoms with E-state index in [-0.39, 0.29) is 12.1 Å². The van der Waals surface area contributed by atoms with Gasteiger partial charge in [0.2, 0.25) is 5.91 Å². The van der Waals surface area contributed by atoms with E-state index in [0.29, 0.717) is 6.42 Å². The standard InChI is InChI=1S/C9H11N3O3.C9H11NO2/c10-8(9(11)13)5-6-1-3-7(4-2-6)12(14)15;10-8(9(11)12)6-7-4-2-1-3-5-7/h1-4,8H,5,10H2,(H2,11,13);1-5,8H,6,10H2,(H,11,12)/t2*8-/m00/s1. The van der Waals surface area contributed by atoms with Crippen molar-refractivity contribution in [1.82, 2.24) is 0 Å². The van der Waals surface area contributed by atoms with Gasteiger partial charge in [0.05, 0.1) is 11.0 Å². The maximum Gasteiger partial charge on any atom is 0.320 e. The van der Waals surface area contributed by atoms with Crippen LogP contribution in [0.5, 0.6) is 0 Å². The van der Waals surface area contributed by atoms with Crippen molar-refractivity contribution >= 4 is 17.6 Å². The molecule has 0 radical (unpaired) electrons. The van der Waals surface area contributed by atoms with E-state index in [1.165, 1.54) is 12.1 Å². The second kappa shape index (κ2) is 10.6. The first-order chi connectivity index (χ1) is 12.7. The zero-order chi connectivity index (χ0) is 20.4. The number of benzene rings is 2. The van der Waals surface area contributed by atoms with Crippen LogP contribution in [0.4, 0.5) is 5.69 Å². The molecule has 1 amide bonds. The predicted octanol–water partition coefficient (Wildman–Crippen LogP) is 0.591. The molecule has 0 aliphatic carbocycles. The van der Waals surface area contributed by atoms with Gasteiger partial charge in [-0.05, 0) is 24.0 Å². The SMILES string of the molecule is NC(=O)[C@@H](N)Cc1ccc([N+](=O)[O-])cc1.N[C@@H](Cc1ccccc1)C(=O)O. The number of primary amides is 1. The summed E-state index contributed by atoms with van der Waals surface area (Å²) in [5, 5.41) is 18.9. The largest absolute Gasteiger partial charge is 0.480 e. The zero-order valence-corrected chi connectivity index (χ0v) is 14.5. The van der Waals surface area contributed by atoms with Gasteiger partial charge in [-0.15, -0.1) is 0 Å². The molecule has 0 aromatic heterocycles. The van der Waals surface area contributed by atoms with Gasteiger partial charge < -0.3 is 22.3 Å². The normalized spacial score (nSPS) is 12.2. The average Bonchev–Trinajstić information content (AvgIpc) is 2.63. The fraction of sp³-hybridized carbons (Fsp3) is 0.222. The van der Waals surface area contributed by atoms with Gasteiger partial charge in [-0.3, -0.25) is 19.7 Å². The molecule has 0 saturated heterocycles. The van der Waals surface area contributed by atoms with Crippen LogP contribution in [0.1, 0.15) is 11.1 Å². The van der Waals surface area contributed by atoms with Crippen LogP contribution in [0.3, 0.4) is 0 Å². The molecular weight excluding hydrogens is 352 g/mol. The van der Waals surface area contributed by atoms with E-state index in [1.807, 2.05) is 30.3 Å². The molecule has 0 fully saturated rings. The van der Waals surface area contributed by atoms with E-state index in [4.69, 9.17) is 22.3 Å². The number of carbonyl (C=O) groups excluding carboxylic acids is 1. The quantitative estimate of drug-likeness (QED) is 0.405. The topological polar surface area (TPSA) is 176 Å². The number of rotatable bonds is 7. The highest BCUT2D eigenvalue weighted by Gasteiger charge is 2.12. The molecule has 2 atom stereocenters. The Kier molecular flexibility index (Phi) is 8.57. The van der Waals surface area contributed by atoms with Gasteiger partial charge in [0.1, 0.15) is 6.04 Å². The van der Waals surface area contributed by atoms with Crippen LogP contribution in [0, 0.1) is 10.1 Å². The van der Waals surface area contributed by atoms with Crippen molar-refractivity contribution in [2.75, 3.05) is 0 Å². The molecule has 144 valence electrons. The van der Waals surface area contributed by atoms with Gasteiger partial charge in [-0.25, -0.2) is 0 Å². The first kappa shape index (κ1) is 21.7. The Morgan fingerprint density at radius 3 is 1.85 bits per heavy atom. The third-order valence-electron chi connectivity index (χ3n) is 3.58. The summed E-state index contributed by atoms with van der Waals surface area (Å²) in [5.74, 6) is -1.55. The molecule has 2 rings (SSSR count). The lowest BCUT2D eigenvalue weighted by molar-refractivity contribution is -0.384. The maximum atomic E-state index is 10.7. The van der Waals surface area contributed by atoms with Crippen molar-refractivity contribution in [3.05, 3.63) is 75.8 Å². The van der Waals surface area contributed by atoms with E-state index in [0.717, 1.165) is 11.1 Å². The van der Waals surface area contributed by atoms with Crippen LogP contribution in [0.25, 0.3) is 0 Å². The molecule has 0 saturated carbocycles. The van der Waals surface area contributed by atoms with Gasteiger partial charge in [0.15, 0.2) is 0 Å². The van der Waals surface area contributed by atoms with Gasteiger partial charge in [-0.1, -0.05) is 42.5 Å². The fourth-order valence-corrected chi connectivity index (χ4v) is 2.06. The van der Waals surface area contributed by atoms with Crippen LogP contribution in [0.15, 0.2) is 54.6 Å². The van der Waals surface area contributed by atoms with Crippen molar-refractivity contribution in [3.8, 4) is 0 Å². The molecule has 0 heterocycles. The van der Waals surface area contributed by atoms with Crippen molar-refractivity contribution in [1.29, 1.82) is 0 Å². The monoisotopic (exact) mass is 374 g/mol. The number of nitro groups is 1. The first-order valence-corrected chi connectivity index (χ1v) is 8.01. The van der Waals surface area contributed by atoms with E-state index in [1.54, 1.807) is 12.1 Å². The Morgan fingerprint density at radius 2 is 1.41 bits per heavy atom. The molecule has 9 heteroatoms. The molecule has 0 unspecified atom stereocenters. The van der Waals surface area contributed by atoms with Crippen LogP contribution < -0.4 is 17.2 Å². The molecule has 2 aromatic rings. The highest BCUT2D eigenvalue weighted by Crippen LogP contribution is 2.12. The summed E-state index contributed by atoms with van der Waals surface area (Å²) in [6, 6.07) is 13.6. The summed E-state index contributed by atoms with van der Waals surface area (Å²) >= 11 is 0. The number of carbonyl (C=O) groups is 2. The Labute approximate surface area is 155 Å². The lowest BCUT2D eigenvalue weighted by atomic mass is 10.1. The number of nitrogens with zero attached hydrogens (tertiary/aromatic N) is 1. The summed E-state index contributed by atoms with van der Waals surface area (Å²) in [7, 11) is 0. The number of carboxylic acid groups (broad SMARTS) is 1. The van der Waals surface area contributed by atoms with E-state index in [2.05, 4.69) is 0 Å². The predicted molar refractivity (Wildman–Crippen MR) is 99.7 cm³/mol. The number of amides is 1. The Hall–Kier alpha value is -3.30. The lowest BCUT2D eigenvalue weighted by Gasteiger charge is -2.06. The van der Waals surface area contributed by atoms with Crippen molar-refractivity contribution < 1.29 is 19.6 Å². The van der Waals surface area contributed by atoms with Crippen molar-refractivity contribution in [2.24, 2.45) is 17.2 Å². The van der Waals surface area contributed by atoms with E-state index < -0.39 is 28.9 Å². The number of non-ortho nitro benzene ring substituents is 1. The third-order valence-corrected chi connectivity index (χ3v) is 3.58. The molecule has 2 aromatic carbocycles. The lowest BCUT2D eigenvalue weighted by Crippen LogP contribution is -2.38. The van der Waals surface area contributed by atoms with Crippen molar-refractivity contribution in [2.45, 2.75) is 24.9 Å². The Bertz CT molecular complexity index is 765. The van der Waals surface area contributed by atoms with Crippen LogP contribution in [-0.2, 0) is 22.4 Å². The summed E-state index contributed by atoms with van der Waals surface area (Å²) in [4.78, 5) is 30.9. The third kappa shape index (κ3) is 8.08. The summed E-state index contributed by atoms with van der Waals surface area (Å²) in [5.41, 5.74) is 17.5. The molecule has 0 aliphatic heterocycles. The first-order valence-electron chi connectivity index (χ1n) is 8.01. The van der Waals surface area contributed by atoms with E-state index >= 15 is 0 Å². The van der Waals surface area contributed by atoms with Crippen LogP contribution >= 0.6 is 0 Å². The highest BCUT2D eigenvalue weighted by atomic mass is 16.6. The van der Waals surface area contributed by atoms with Gasteiger partial charge in [0.25, 0.3) is 5.69 Å². The maximum absolute atomic E-state index is 10.7. The summed E-state index contributed by atoms with van der Waals surface area (Å²) in [6.45, 7) is 0. The summed E-state index contributed by atoms with van der Waals surface area (Å²) < 4.78 is 0. The molecule has 27 heavy (non-hydrogen) atoms. The molecular formula is C18H22N4O5. The van der Waals surface area contributed by atoms with E-state index in [9.17, 15) is 19.7 Å². The van der Waals surface area contributed by atoms with Gasteiger partial charge >= 0.3 is 5.97 Å². The molecule has 0 bridgehead atoms. The van der Waals surface area contributed by atoms with Crippen molar-refractivity contribution in [3.63, 3.8) is 0 Å². The molecule has 0 spiro atoms. The smallest absolute Gasteiger partial charge is 0.320 e. The fourth-order valence-electron chi connectivity index (χ4n) is 2.06. The number of aliphatic carboxylic acids is 1. The van der Waals surface area contributed by atoms with Crippen LogP contribution in [0.2, 0.25) is 0 Å². The minimum Gasteiger partial charge on any atom is -0.480 e. The van der Waals surface area contributed by atoms with Gasteiger partial charge in [0, 0.05) is 12.1 Å². The zero-order valence-electron chi connectivity index (χ0n) is 14.5. The number of nitrogens with two attached hydrogens (primary N) is 3. The average molecular weight is 374 g/mol. The number of carboxylic acids is 1. The van der Waals surface area contributed by atoms with Crippen LogP contribution in [-0.4, -0.2) is 34.0 Å². The number of hydrogen-bond acceptors (Lipinski definition) is 6. The second-order valence-electron chi connectivity index (χ2n) is 5.77. The molecule has 7 N–H and O–H groups in total. The molecule has 0 aliphatic rings.